The normalized spacial score (nSPS) is 16.7. The number of nitrogens with one attached hydrogen (secondary N) is 1. The van der Waals surface area contributed by atoms with Crippen molar-refractivity contribution in [1.29, 1.82) is 0 Å². The number of hydrogen-bond acceptors (Lipinski definition) is 3. The molecule has 1 aromatic carbocycles. The molecule has 0 spiro atoms. The molecule has 1 heterocycles. The molecule has 1 aliphatic heterocycles. The van der Waals surface area contributed by atoms with E-state index in [0.29, 0.717) is 25.5 Å². The molecule has 2 rings (SSSR count). The molecule has 1 unspecified atom stereocenters. The zero-order chi connectivity index (χ0) is 15.8. The Morgan fingerprint density at radius 2 is 2.22 bits per heavy atom. The van der Waals surface area contributed by atoms with Gasteiger partial charge in [-0.25, -0.2) is 4.39 Å². The highest BCUT2D eigenvalue weighted by atomic mass is 35.5. The number of amides is 1. The highest BCUT2D eigenvalue weighted by Crippen LogP contribution is 2.16. The van der Waals surface area contributed by atoms with Gasteiger partial charge in [-0.3, -0.25) is 4.79 Å². The van der Waals surface area contributed by atoms with E-state index in [-0.39, 0.29) is 29.9 Å². The number of nitrogens with zero attached hydrogens (tertiary/aromatic N) is 1. The van der Waals surface area contributed by atoms with Crippen LogP contribution < -0.4 is 10.1 Å². The standard InChI is InChI=1S/C17H25FN2O2.ClH/c1-2-11-20(14-9-10-19-13-14)17(21)8-5-12-22-16-7-4-3-6-15(16)18;/h3-4,6-7,14,19H,2,5,8-13H2,1H3;1H. The van der Waals surface area contributed by atoms with E-state index in [2.05, 4.69) is 12.2 Å². The lowest BCUT2D eigenvalue weighted by molar-refractivity contribution is -0.133. The molecule has 0 aromatic heterocycles. The number of carbonyl (C=O) groups excluding carboxylic acids is 1. The van der Waals surface area contributed by atoms with Gasteiger partial charge in [-0.15, -0.1) is 12.4 Å². The third kappa shape index (κ3) is 5.99. The molecular weight excluding hydrogens is 319 g/mol. The quantitative estimate of drug-likeness (QED) is 0.737. The summed E-state index contributed by atoms with van der Waals surface area (Å²) in [6.07, 6.45) is 3.05. The highest BCUT2D eigenvalue weighted by Gasteiger charge is 2.25. The summed E-state index contributed by atoms with van der Waals surface area (Å²) in [5.74, 6) is 0.0616. The number of ether oxygens (including phenoxy) is 1. The number of hydrogen-bond donors (Lipinski definition) is 1. The number of benzene rings is 1. The fourth-order valence-corrected chi connectivity index (χ4v) is 2.77. The fourth-order valence-electron chi connectivity index (χ4n) is 2.77. The zero-order valence-electron chi connectivity index (χ0n) is 13.6. The smallest absolute Gasteiger partial charge is 0.222 e. The Bertz CT molecular complexity index is 481. The molecule has 1 saturated heterocycles. The molecule has 1 aliphatic rings. The van der Waals surface area contributed by atoms with Gasteiger partial charge in [0.15, 0.2) is 11.6 Å². The summed E-state index contributed by atoms with van der Waals surface area (Å²) in [4.78, 5) is 14.4. The van der Waals surface area contributed by atoms with E-state index in [1.807, 2.05) is 4.90 Å². The van der Waals surface area contributed by atoms with Gasteiger partial charge in [0.2, 0.25) is 5.91 Å². The van der Waals surface area contributed by atoms with Crippen LogP contribution in [0, 0.1) is 5.82 Å². The van der Waals surface area contributed by atoms with Gasteiger partial charge in [-0.2, -0.15) is 0 Å². The number of carbonyl (C=O) groups is 1. The molecule has 4 nitrogen and oxygen atoms in total. The summed E-state index contributed by atoms with van der Waals surface area (Å²) < 4.78 is 18.8. The first-order valence-corrected chi connectivity index (χ1v) is 8.10. The van der Waals surface area contributed by atoms with Crippen LogP contribution in [0.4, 0.5) is 4.39 Å². The van der Waals surface area contributed by atoms with Gasteiger partial charge in [-0.1, -0.05) is 19.1 Å². The van der Waals surface area contributed by atoms with Gasteiger partial charge in [0.25, 0.3) is 0 Å². The van der Waals surface area contributed by atoms with Crippen molar-refractivity contribution in [3.8, 4) is 5.75 Å². The SMILES string of the molecule is CCCN(C(=O)CCCOc1ccccc1F)C1CCNC1.Cl. The summed E-state index contributed by atoms with van der Waals surface area (Å²) >= 11 is 0. The molecule has 0 bridgehead atoms. The molecule has 23 heavy (non-hydrogen) atoms. The van der Waals surface area contributed by atoms with Crippen molar-refractivity contribution in [1.82, 2.24) is 10.2 Å². The predicted octanol–water partition coefficient (Wildman–Crippen LogP) is 3.01. The second kappa shape index (κ2) is 10.4. The zero-order valence-corrected chi connectivity index (χ0v) is 14.4. The second-order valence-electron chi connectivity index (χ2n) is 5.62. The first-order chi connectivity index (χ1) is 10.7. The average Bonchev–Trinajstić information content (AvgIpc) is 3.04. The minimum absolute atomic E-state index is 0. The van der Waals surface area contributed by atoms with Crippen molar-refractivity contribution >= 4 is 18.3 Å². The third-order valence-corrected chi connectivity index (χ3v) is 3.89. The lowest BCUT2D eigenvalue weighted by Crippen LogP contribution is -2.42. The lowest BCUT2D eigenvalue weighted by atomic mass is 10.1. The molecule has 0 aliphatic carbocycles. The van der Waals surface area contributed by atoms with E-state index in [1.165, 1.54) is 6.07 Å². The molecule has 1 fully saturated rings. The van der Waals surface area contributed by atoms with Gasteiger partial charge in [0, 0.05) is 25.6 Å². The van der Waals surface area contributed by atoms with Crippen molar-refractivity contribution in [2.45, 2.75) is 38.6 Å². The van der Waals surface area contributed by atoms with Gasteiger partial charge in [0.1, 0.15) is 0 Å². The van der Waals surface area contributed by atoms with Crippen LogP contribution >= 0.6 is 12.4 Å². The Labute approximate surface area is 143 Å². The fraction of sp³-hybridized carbons (Fsp3) is 0.588. The topological polar surface area (TPSA) is 41.6 Å². The van der Waals surface area contributed by atoms with Crippen LogP contribution in [0.5, 0.6) is 5.75 Å². The molecule has 6 heteroatoms. The van der Waals surface area contributed by atoms with E-state index < -0.39 is 0 Å². The Morgan fingerprint density at radius 1 is 1.43 bits per heavy atom. The van der Waals surface area contributed by atoms with E-state index in [1.54, 1.807) is 18.2 Å². The van der Waals surface area contributed by atoms with E-state index in [9.17, 15) is 9.18 Å². The average molecular weight is 345 g/mol. The highest BCUT2D eigenvalue weighted by molar-refractivity contribution is 5.85. The minimum Gasteiger partial charge on any atom is -0.491 e. The summed E-state index contributed by atoms with van der Waals surface area (Å²) in [7, 11) is 0. The summed E-state index contributed by atoms with van der Waals surface area (Å²) in [5.41, 5.74) is 0. The lowest BCUT2D eigenvalue weighted by Gasteiger charge is -2.28. The third-order valence-electron chi connectivity index (χ3n) is 3.89. The van der Waals surface area contributed by atoms with Crippen LogP contribution in [0.1, 0.15) is 32.6 Å². The number of halogens is 2. The Morgan fingerprint density at radius 3 is 2.87 bits per heavy atom. The summed E-state index contributed by atoms with van der Waals surface area (Å²) in [6.45, 7) is 5.12. The van der Waals surface area contributed by atoms with Crippen molar-refractivity contribution in [2.24, 2.45) is 0 Å². The maximum Gasteiger partial charge on any atom is 0.222 e. The molecule has 1 aromatic rings. The monoisotopic (exact) mass is 344 g/mol. The molecule has 1 amide bonds. The van der Waals surface area contributed by atoms with Crippen LogP contribution in [0.3, 0.4) is 0 Å². The Kier molecular flexibility index (Phi) is 8.95. The molecule has 0 radical (unpaired) electrons. The molecular formula is C17H26ClFN2O2. The van der Waals surface area contributed by atoms with Crippen molar-refractivity contribution in [3.05, 3.63) is 30.1 Å². The maximum absolute atomic E-state index is 13.4. The molecule has 130 valence electrons. The van der Waals surface area contributed by atoms with Gasteiger partial charge in [0.05, 0.1) is 6.61 Å². The molecule has 0 saturated carbocycles. The van der Waals surface area contributed by atoms with Gasteiger partial charge >= 0.3 is 0 Å². The first kappa shape index (κ1) is 19.7. The Balaban J connectivity index is 0.00000264. The van der Waals surface area contributed by atoms with Crippen molar-refractivity contribution in [2.75, 3.05) is 26.2 Å². The van der Waals surface area contributed by atoms with Crippen LogP contribution in [0.2, 0.25) is 0 Å². The number of para-hydroxylation sites is 1. The van der Waals surface area contributed by atoms with Gasteiger partial charge in [-0.05, 0) is 37.9 Å². The van der Waals surface area contributed by atoms with Crippen molar-refractivity contribution in [3.63, 3.8) is 0 Å². The van der Waals surface area contributed by atoms with Crippen molar-refractivity contribution < 1.29 is 13.9 Å². The van der Waals surface area contributed by atoms with Crippen LogP contribution in [-0.4, -0.2) is 43.1 Å². The summed E-state index contributed by atoms with van der Waals surface area (Å²) in [6, 6.07) is 6.66. The maximum atomic E-state index is 13.4. The largest absolute Gasteiger partial charge is 0.491 e. The Hall–Kier alpha value is -1.33. The minimum atomic E-state index is -0.363. The second-order valence-corrected chi connectivity index (χ2v) is 5.62. The van der Waals surface area contributed by atoms with E-state index in [0.717, 1.165) is 32.5 Å². The molecule has 1 N–H and O–H groups in total. The van der Waals surface area contributed by atoms with Crippen LogP contribution in [0.15, 0.2) is 24.3 Å². The van der Waals surface area contributed by atoms with Crippen LogP contribution in [0.25, 0.3) is 0 Å². The van der Waals surface area contributed by atoms with Gasteiger partial charge < -0.3 is 15.0 Å². The first-order valence-electron chi connectivity index (χ1n) is 8.10. The number of rotatable bonds is 8. The van der Waals surface area contributed by atoms with Crippen LogP contribution in [-0.2, 0) is 4.79 Å². The molecule has 1 atom stereocenters. The summed E-state index contributed by atoms with van der Waals surface area (Å²) in [5, 5.41) is 3.30. The van der Waals surface area contributed by atoms with E-state index in [4.69, 9.17) is 4.74 Å². The van der Waals surface area contributed by atoms with E-state index >= 15 is 0 Å². The predicted molar refractivity (Wildman–Crippen MR) is 91.7 cm³/mol.